The molecule has 1 aliphatic rings. The Labute approximate surface area is 117 Å². The van der Waals surface area contributed by atoms with Crippen molar-refractivity contribution in [1.29, 1.82) is 0 Å². The molecule has 1 aromatic rings. The molecular weight excluding hydrogens is 264 g/mol. The number of rotatable bonds is 3. The van der Waals surface area contributed by atoms with Gasteiger partial charge in [0.2, 0.25) is 5.91 Å². The van der Waals surface area contributed by atoms with Crippen molar-refractivity contribution < 1.29 is 14.6 Å². The van der Waals surface area contributed by atoms with Gasteiger partial charge in [0, 0.05) is 30.5 Å². The predicted octanol–water partition coefficient (Wildman–Crippen LogP) is 0.770. The summed E-state index contributed by atoms with van der Waals surface area (Å²) in [6, 6.07) is 0. The number of hydrogen-bond acceptors (Lipinski definition) is 5. The molecule has 106 valence electrons. The van der Waals surface area contributed by atoms with E-state index in [9.17, 15) is 9.90 Å². The second-order valence-electron chi connectivity index (χ2n) is 4.88. The van der Waals surface area contributed by atoms with Gasteiger partial charge < -0.3 is 14.7 Å². The van der Waals surface area contributed by atoms with Gasteiger partial charge in [-0.15, -0.1) is 11.3 Å². The zero-order valence-electron chi connectivity index (χ0n) is 11.4. The summed E-state index contributed by atoms with van der Waals surface area (Å²) in [4.78, 5) is 19.5. The van der Waals surface area contributed by atoms with Crippen molar-refractivity contribution in [3.05, 3.63) is 15.6 Å². The molecular formula is C13H20N2O3S. The van der Waals surface area contributed by atoms with Crippen LogP contribution in [0.1, 0.15) is 15.6 Å². The highest BCUT2D eigenvalue weighted by Gasteiger charge is 2.23. The van der Waals surface area contributed by atoms with Crippen molar-refractivity contribution in [2.24, 2.45) is 5.92 Å². The minimum Gasteiger partial charge on any atom is -0.396 e. The fraction of sp³-hybridized carbons (Fsp3) is 0.692. The molecule has 1 aromatic heterocycles. The van der Waals surface area contributed by atoms with E-state index in [-0.39, 0.29) is 18.4 Å². The highest BCUT2D eigenvalue weighted by molar-refractivity contribution is 7.11. The molecule has 2 heterocycles. The first-order chi connectivity index (χ1) is 9.10. The number of ether oxygens (including phenoxy) is 1. The lowest BCUT2D eigenvalue weighted by atomic mass is 10.1. The van der Waals surface area contributed by atoms with E-state index >= 15 is 0 Å². The van der Waals surface area contributed by atoms with Crippen LogP contribution in [-0.4, -0.2) is 53.8 Å². The van der Waals surface area contributed by atoms with Gasteiger partial charge in [0.25, 0.3) is 0 Å². The van der Waals surface area contributed by atoms with Crippen molar-refractivity contribution in [3.63, 3.8) is 0 Å². The minimum atomic E-state index is 0.0238. The first-order valence-electron chi connectivity index (χ1n) is 6.49. The Morgan fingerprint density at radius 2 is 2.37 bits per heavy atom. The predicted molar refractivity (Wildman–Crippen MR) is 73.3 cm³/mol. The van der Waals surface area contributed by atoms with Crippen LogP contribution in [0.5, 0.6) is 0 Å². The normalized spacial score (nSPS) is 20.4. The van der Waals surface area contributed by atoms with E-state index in [1.165, 1.54) is 0 Å². The molecule has 1 atom stereocenters. The molecule has 0 aliphatic carbocycles. The van der Waals surface area contributed by atoms with Gasteiger partial charge in [-0.1, -0.05) is 0 Å². The topological polar surface area (TPSA) is 62.7 Å². The van der Waals surface area contributed by atoms with Gasteiger partial charge in [-0.2, -0.15) is 0 Å². The smallest absolute Gasteiger partial charge is 0.227 e. The van der Waals surface area contributed by atoms with Gasteiger partial charge in [-0.25, -0.2) is 4.98 Å². The summed E-state index contributed by atoms with van der Waals surface area (Å²) in [6.07, 6.45) is 0.398. The zero-order chi connectivity index (χ0) is 13.8. The summed E-state index contributed by atoms with van der Waals surface area (Å²) >= 11 is 1.58. The van der Waals surface area contributed by atoms with Gasteiger partial charge in [0.15, 0.2) is 0 Å². The van der Waals surface area contributed by atoms with Gasteiger partial charge >= 0.3 is 0 Å². The number of aromatic nitrogens is 1. The molecule has 1 N–H and O–H groups in total. The number of aryl methyl sites for hydroxylation is 2. The van der Waals surface area contributed by atoms with E-state index in [0.717, 1.165) is 15.6 Å². The second-order valence-corrected chi connectivity index (χ2v) is 6.17. The minimum absolute atomic E-state index is 0.0238. The molecule has 1 saturated heterocycles. The molecule has 1 amide bonds. The summed E-state index contributed by atoms with van der Waals surface area (Å²) in [5.74, 6) is 0.117. The molecule has 0 saturated carbocycles. The van der Waals surface area contributed by atoms with E-state index in [0.29, 0.717) is 32.7 Å². The third kappa shape index (κ3) is 3.75. The fourth-order valence-corrected chi connectivity index (χ4v) is 3.13. The van der Waals surface area contributed by atoms with Crippen molar-refractivity contribution >= 4 is 17.2 Å². The van der Waals surface area contributed by atoms with Gasteiger partial charge in [-0.05, 0) is 13.8 Å². The van der Waals surface area contributed by atoms with Crippen molar-refractivity contribution in [1.82, 2.24) is 9.88 Å². The average molecular weight is 284 g/mol. The molecule has 5 nitrogen and oxygen atoms in total. The molecule has 6 heteroatoms. The van der Waals surface area contributed by atoms with Gasteiger partial charge in [0.05, 0.1) is 30.3 Å². The zero-order valence-corrected chi connectivity index (χ0v) is 12.2. The maximum absolute atomic E-state index is 12.3. The Hall–Kier alpha value is -0.980. The van der Waals surface area contributed by atoms with E-state index in [4.69, 9.17) is 4.74 Å². The number of carbonyl (C=O) groups excluding carboxylic acids is 1. The molecule has 1 aliphatic heterocycles. The third-order valence-corrected chi connectivity index (χ3v) is 4.33. The Morgan fingerprint density at radius 3 is 3.00 bits per heavy atom. The summed E-state index contributed by atoms with van der Waals surface area (Å²) in [6.45, 7) is 6.20. The summed E-state index contributed by atoms with van der Waals surface area (Å²) in [5, 5.41) is 10.2. The molecule has 0 radical (unpaired) electrons. The summed E-state index contributed by atoms with van der Waals surface area (Å²) in [5.41, 5.74) is 0.945. The lowest BCUT2D eigenvalue weighted by molar-refractivity contribution is -0.130. The number of hydrogen-bond donors (Lipinski definition) is 1. The lowest BCUT2D eigenvalue weighted by Gasteiger charge is -2.22. The number of nitrogens with zero attached hydrogens (tertiary/aromatic N) is 2. The average Bonchev–Trinajstić information content (AvgIpc) is 2.59. The molecule has 0 unspecified atom stereocenters. The van der Waals surface area contributed by atoms with E-state index in [1.807, 2.05) is 13.8 Å². The number of amides is 1. The lowest BCUT2D eigenvalue weighted by Crippen LogP contribution is -2.37. The maximum atomic E-state index is 12.3. The largest absolute Gasteiger partial charge is 0.396 e. The van der Waals surface area contributed by atoms with Crippen LogP contribution in [0, 0.1) is 19.8 Å². The van der Waals surface area contributed by atoms with Crippen molar-refractivity contribution in [2.45, 2.75) is 20.3 Å². The van der Waals surface area contributed by atoms with Gasteiger partial charge in [0.1, 0.15) is 0 Å². The SMILES string of the molecule is Cc1nc(C)c(CC(=O)N2CCOC[C@H](CO)C2)s1. The number of carbonyl (C=O) groups is 1. The first-order valence-corrected chi connectivity index (χ1v) is 7.31. The standard InChI is InChI=1S/C13H20N2O3S/c1-9-12(19-10(2)14-9)5-13(17)15-3-4-18-8-11(6-15)7-16/h11,16H,3-8H2,1-2H3/t11-/m0/s1. The Morgan fingerprint density at radius 1 is 1.58 bits per heavy atom. The third-order valence-electron chi connectivity index (χ3n) is 3.26. The van der Waals surface area contributed by atoms with E-state index < -0.39 is 0 Å². The monoisotopic (exact) mass is 284 g/mol. The highest BCUT2D eigenvalue weighted by atomic mass is 32.1. The Balaban J connectivity index is 2.00. The molecule has 1 fully saturated rings. The molecule has 2 rings (SSSR count). The van der Waals surface area contributed by atoms with Crippen LogP contribution in [0.4, 0.5) is 0 Å². The molecule has 19 heavy (non-hydrogen) atoms. The summed E-state index contributed by atoms with van der Waals surface area (Å²) < 4.78 is 5.39. The van der Waals surface area contributed by atoms with Crippen molar-refractivity contribution in [2.75, 3.05) is 32.9 Å². The van der Waals surface area contributed by atoms with Crippen LogP contribution >= 0.6 is 11.3 Å². The number of aliphatic hydroxyl groups excluding tert-OH is 1. The first kappa shape index (κ1) is 14.4. The van der Waals surface area contributed by atoms with Crippen LogP contribution < -0.4 is 0 Å². The van der Waals surface area contributed by atoms with Crippen LogP contribution in [0.2, 0.25) is 0 Å². The van der Waals surface area contributed by atoms with Crippen molar-refractivity contribution in [3.8, 4) is 0 Å². The van der Waals surface area contributed by atoms with Crippen LogP contribution in [0.25, 0.3) is 0 Å². The maximum Gasteiger partial charge on any atom is 0.227 e. The highest BCUT2D eigenvalue weighted by Crippen LogP contribution is 2.19. The van der Waals surface area contributed by atoms with Crippen LogP contribution in [0.3, 0.4) is 0 Å². The summed E-state index contributed by atoms with van der Waals surface area (Å²) in [7, 11) is 0. The molecule has 0 bridgehead atoms. The van der Waals surface area contributed by atoms with Crippen LogP contribution in [-0.2, 0) is 16.0 Å². The van der Waals surface area contributed by atoms with E-state index in [1.54, 1.807) is 16.2 Å². The van der Waals surface area contributed by atoms with E-state index in [2.05, 4.69) is 4.98 Å². The quantitative estimate of drug-likeness (QED) is 0.890. The number of aliphatic hydroxyl groups is 1. The molecule has 0 aromatic carbocycles. The van der Waals surface area contributed by atoms with Crippen LogP contribution in [0.15, 0.2) is 0 Å². The fourth-order valence-electron chi connectivity index (χ4n) is 2.20. The number of thiazole rings is 1. The molecule has 0 spiro atoms. The Bertz CT molecular complexity index is 447. The van der Waals surface area contributed by atoms with Gasteiger partial charge in [-0.3, -0.25) is 4.79 Å². The second kappa shape index (κ2) is 6.45. The Kier molecular flexibility index (Phi) is 4.90.